The summed E-state index contributed by atoms with van der Waals surface area (Å²) in [4.78, 5) is 26.0. The molecule has 2 amide bonds. The number of hydrogen-bond acceptors (Lipinski definition) is 3. The second-order valence-electron chi connectivity index (χ2n) is 5.97. The summed E-state index contributed by atoms with van der Waals surface area (Å²) < 4.78 is 5.85. The Morgan fingerprint density at radius 1 is 1.32 bits per heavy atom. The van der Waals surface area contributed by atoms with Crippen LogP contribution in [0, 0.1) is 0 Å². The number of halogens is 1. The highest BCUT2D eigenvalue weighted by atomic mass is 79.9. The van der Waals surface area contributed by atoms with Crippen LogP contribution in [0.2, 0.25) is 0 Å². The molecule has 22 heavy (non-hydrogen) atoms. The molecule has 1 aromatic carbocycles. The fraction of sp³-hybridized carbons (Fsp3) is 0.500. The molecule has 0 atom stereocenters. The van der Waals surface area contributed by atoms with Crippen molar-refractivity contribution in [2.75, 3.05) is 20.2 Å². The minimum absolute atomic E-state index is 0.0379. The molecule has 0 spiro atoms. The normalized spacial score (nSPS) is 11.0. The Morgan fingerprint density at radius 2 is 1.95 bits per heavy atom. The average Bonchev–Trinajstić information content (AvgIpc) is 2.42. The van der Waals surface area contributed by atoms with Gasteiger partial charge in [0.2, 0.25) is 5.91 Å². The maximum atomic E-state index is 12.5. The number of rotatable bonds is 5. The third-order valence-electron chi connectivity index (χ3n) is 2.92. The third-order valence-corrected chi connectivity index (χ3v) is 3.54. The number of carbonyl (C=O) groups excluding carboxylic acids is 2. The lowest BCUT2D eigenvalue weighted by Crippen LogP contribution is -2.47. The highest BCUT2D eigenvalue weighted by Gasteiger charge is 2.21. The van der Waals surface area contributed by atoms with Gasteiger partial charge in [0.05, 0.1) is 18.1 Å². The quantitative estimate of drug-likeness (QED) is 0.866. The van der Waals surface area contributed by atoms with Gasteiger partial charge in [-0.05, 0) is 61.8 Å². The molecule has 1 rings (SSSR count). The second-order valence-corrected chi connectivity index (χ2v) is 6.82. The minimum atomic E-state index is -0.317. The molecule has 122 valence electrons. The van der Waals surface area contributed by atoms with Crippen molar-refractivity contribution in [3.8, 4) is 5.75 Å². The van der Waals surface area contributed by atoms with Crippen LogP contribution in [-0.2, 0) is 4.79 Å². The van der Waals surface area contributed by atoms with Crippen molar-refractivity contribution >= 4 is 27.7 Å². The lowest BCUT2D eigenvalue weighted by atomic mass is 10.1. The van der Waals surface area contributed by atoms with Crippen LogP contribution >= 0.6 is 15.9 Å². The van der Waals surface area contributed by atoms with Crippen LogP contribution < -0.4 is 10.1 Å². The van der Waals surface area contributed by atoms with E-state index in [0.717, 1.165) is 0 Å². The van der Waals surface area contributed by atoms with Crippen LogP contribution in [0.25, 0.3) is 0 Å². The summed E-state index contributed by atoms with van der Waals surface area (Å²) in [6, 6.07) is 5.11. The Hall–Kier alpha value is -1.56. The first-order valence-electron chi connectivity index (χ1n) is 7.11. The van der Waals surface area contributed by atoms with E-state index < -0.39 is 0 Å². The molecule has 0 unspecified atom stereocenters. The van der Waals surface area contributed by atoms with Gasteiger partial charge in [0.1, 0.15) is 5.75 Å². The monoisotopic (exact) mass is 370 g/mol. The molecule has 1 aromatic rings. The zero-order chi connectivity index (χ0) is 16.9. The molecular formula is C16H23BrN2O3. The van der Waals surface area contributed by atoms with Crippen LogP contribution in [-0.4, -0.2) is 42.5 Å². The summed E-state index contributed by atoms with van der Waals surface area (Å²) in [5.41, 5.74) is 0.195. The standard InChI is InChI=1S/C16H23BrN2O3/c1-6-19(10-14(20)18-16(2,3)4)15(21)11-7-8-13(22-5)12(17)9-11/h7-9H,6,10H2,1-5H3,(H,18,20). The molecule has 6 heteroatoms. The summed E-state index contributed by atoms with van der Waals surface area (Å²) in [6.45, 7) is 8.06. The first-order chi connectivity index (χ1) is 10.2. The zero-order valence-electron chi connectivity index (χ0n) is 13.7. The molecule has 0 aromatic heterocycles. The van der Waals surface area contributed by atoms with Crippen molar-refractivity contribution in [1.82, 2.24) is 10.2 Å². The Bertz CT molecular complexity index is 553. The van der Waals surface area contributed by atoms with E-state index in [4.69, 9.17) is 4.74 Å². The first kappa shape index (κ1) is 18.5. The van der Waals surface area contributed by atoms with Gasteiger partial charge < -0.3 is 15.0 Å². The Morgan fingerprint density at radius 3 is 2.41 bits per heavy atom. The van der Waals surface area contributed by atoms with Gasteiger partial charge >= 0.3 is 0 Å². The average molecular weight is 371 g/mol. The van der Waals surface area contributed by atoms with E-state index in [1.807, 2.05) is 27.7 Å². The number of methoxy groups -OCH3 is 1. The lowest BCUT2D eigenvalue weighted by Gasteiger charge is -2.25. The number of amides is 2. The third kappa shape index (κ3) is 5.33. The van der Waals surface area contributed by atoms with Gasteiger partial charge in [-0.25, -0.2) is 0 Å². The predicted molar refractivity (Wildman–Crippen MR) is 90.2 cm³/mol. The fourth-order valence-electron chi connectivity index (χ4n) is 1.94. The highest BCUT2D eigenvalue weighted by Crippen LogP contribution is 2.26. The minimum Gasteiger partial charge on any atom is -0.496 e. The van der Waals surface area contributed by atoms with E-state index >= 15 is 0 Å². The number of nitrogens with zero attached hydrogens (tertiary/aromatic N) is 1. The van der Waals surface area contributed by atoms with Gasteiger partial charge in [-0.2, -0.15) is 0 Å². The Kier molecular flexibility index (Phi) is 6.41. The maximum Gasteiger partial charge on any atom is 0.254 e. The molecule has 0 heterocycles. The predicted octanol–water partition coefficient (Wildman–Crippen LogP) is 2.83. The van der Waals surface area contributed by atoms with Crippen LogP contribution in [0.3, 0.4) is 0 Å². The molecule has 0 saturated carbocycles. The second kappa shape index (κ2) is 7.63. The Labute approximate surface area is 140 Å². The lowest BCUT2D eigenvalue weighted by molar-refractivity contribution is -0.123. The summed E-state index contributed by atoms with van der Waals surface area (Å²) in [5, 5.41) is 2.86. The van der Waals surface area contributed by atoms with Crippen LogP contribution in [0.5, 0.6) is 5.75 Å². The zero-order valence-corrected chi connectivity index (χ0v) is 15.3. The summed E-state index contributed by atoms with van der Waals surface area (Å²) in [5.74, 6) is 0.301. The fourth-order valence-corrected chi connectivity index (χ4v) is 2.48. The van der Waals surface area contributed by atoms with E-state index in [1.54, 1.807) is 25.3 Å². The molecule has 0 saturated heterocycles. The molecule has 0 radical (unpaired) electrons. The molecular weight excluding hydrogens is 348 g/mol. The largest absolute Gasteiger partial charge is 0.496 e. The van der Waals surface area contributed by atoms with Crippen molar-refractivity contribution in [2.45, 2.75) is 33.2 Å². The number of carbonyl (C=O) groups is 2. The van der Waals surface area contributed by atoms with Gasteiger partial charge in [-0.15, -0.1) is 0 Å². The van der Waals surface area contributed by atoms with Crippen molar-refractivity contribution in [2.24, 2.45) is 0 Å². The molecule has 0 aliphatic carbocycles. The highest BCUT2D eigenvalue weighted by molar-refractivity contribution is 9.10. The van der Waals surface area contributed by atoms with Crippen LogP contribution in [0.1, 0.15) is 38.1 Å². The van der Waals surface area contributed by atoms with Gasteiger partial charge in [0.25, 0.3) is 5.91 Å². The summed E-state index contributed by atoms with van der Waals surface area (Å²) in [7, 11) is 1.57. The number of hydrogen-bond donors (Lipinski definition) is 1. The summed E-state index contributed by atoms with van der Waals surface area (Å²) in [6.07, 6.45) is 0. The molecule has 1 N–H and O–H groups in total. The first-order valence-corrected chi connectivity index (χ1v) is 7.91. The molecule has 0 aliphatic rings. The molecule has 0 aliphatic heterocycles. The van der Waals surface area contributed by atoms with Gasteiger partial charge in [0, 0.05) is 17.6 Å². The smallest absolute Gasteiger partial charge is 0.254 e. The molecule has 0 bridgehead atoms. The van der Waals surface area contributed by atoms with Crippen LogP contribution in [0.15, 0.2) is 22.7 Å². The van der Waals surface area contributed by atoms with E-state index in [2.05, 4.69) is 21.2 Å². The number of nitrogens with one attached hydrogen (secondary N) is 1. The SMILES string of the molecule is CCN(CC(=O)NC(C)(C)C)C(=O)c1ccc(OC)c(Br)c1. The number of ether oxygens (including phenoxy) is 1. The van der Waals surface area contributed by atoms with Crippen LogP contribution in [0.4, 0.5) is 0 Å². The van der Waals surface area contributed by atoms with Gasteiger partial charge in [-0.1, -0.05) is 0 Å². The van der Waals surface area contributed by atoms with Gasteiger partial charge in [0.15, 0.2) is 0 Å². The Balaban J connectivity index is 2.84. The number of likely N-dealkylation sites (N-methyl/N-ethyl adjacent to an activating group) is 1. The topological polar surface area (TPSA) is 58.6 Å². The molecule has 5 nitrogen and oxygen atoms in total. The van der Waals surface area contributed by atoms with Crippen molar-refractivity contribution in [3.05, 3.63) is 28.2 Å². The van der Waals surface area contributed by atoms with Crippen molar-refractivity contribution in [1.29, 1.82) is 0 Å². The summed E-state index contributed by atoms with van der Waals surface area (Å²) >= 11 is 3.36. The van der Waals surface area contributed by atoms with E-state index in [9.17, 15) is 9.59 Å². The number of benzene rings is 1. The van der Waals surface area contributed by atoms with Crippen molar-refractivity contribution in [3.63, 3.8) is 0 Å². The van der Waals surface area contributed by atoms with E-state index in [-0.39, 0.29) is 23.9 Å². The van der Waals surface area contributed by atoms with E-state index in [0.29, 0.717) is 22.3 Å². The van der Waals surface area contributed by atoms with Gasteiger partial charge in [-0.3, -0.25) is 9.59 Å². The maximum absolute atomic E-state index is 12.5. The van der Waals surface area contributed by atoms with Crippen molar-refractivity contribution < 1.29 is 14.3 Å². The van der Waals surface area contributed by atoms with E-state index in [1.165, 1.54) is 4.90 Å². The molecule has 0 fully saturated rings.